The van der Waals surface area contributed by atoms with Gasteiger partial charge in [0.05, 0.1) is 11.4 Å². The molecule has 35 heavy (non-hydrogen) atoms. The van der Waals surface area contributed by atoms with Crippen LogP contribution in [0.4, 0.5) is 4.79 Å². The van der Waals surface area contributed by atoms with Gasteiger partial charge in [0, 0.05) is 37.5 Å². The zero-order valence-corrected chi connectivity index (χ0v) is 21.7. The van der Waals surface area contributed by atoms with Gasteiger partial charge in [-0.2, -0.15) is 0 Å². The minimum Gasteiger partial charge on any atom is -0.492 e. The monoisotopic (exact) mass is 515 g/mol. The molecule has 0 aromatic heterocycles. The number of likely N-dealkylation sites (N-methyl/N-ethyl adjacent to an activating group) is 1. The summed E-state index contributed by atoms with van der Waals surface area (Å²) in [6, 6.07) is 6.23. The van der Waals surface area contributed by atoms with Crippen molar-refractivity contribution >= 4 is 27.8 Å². The Morgan fingerprint density at radius 2 is 1.51 bits per heavy atom. The molecule has 0 aliphatic carbocycles. The third kappa shape index (κ3) is 14.7. The zero-order chi connectivity index (χ0) is 27.0. The molecule has 0 aliphatic heterocycles. The first-order valence-corrected chi connectivity index (χ1v) is 13.0. The third-order valence-electron chi connectivity index (χ3n) is 4.70. The van der Waals surface area contributed by atoms with Gasteiger partial charge in [0.25, 0.3) is 0 Å². The molecule has 0 saturated heterocycles. The van der Waals surface area contributed by atoms with Gasteiger partial charge in [-0.15, -0.1) is 0 Å². The molecule has 198 valence electrons. The summed E-state index contributed by atoms with van der Waals surface area (Å²) in [4.78, 5) is 35.8. The van der Waals surface area contributed by atoms with Gasteiger partial charge in [-0.3, -0.25) is 0 Å². The van der Waals surface area contributed by atoms with Gasteiger partial charge in [0.15, 0.2) is 9.84 Å². The maximum absolute atomic E-state index is 12.4. The van der Waals surface area contributed by atoms with Crippen LogP contribution in [0.3, 0.4) is 0 Å². The molecule has 3 N–H and O–H groups in total. The number of amides is 2. The van der Waals surface area contributed by atoms with E-state index in [1.54, 1.807) is 17.0 Å². The number of ether oxygens (including phenoxy) is 1. The van der Waals surface area contributed by atoms with E-state index in [1.807, 2.05) is 13.8 Å². The molecule has 1 rings (SSSR count). The van der Waals surface area contributed by atoms with Crippen LogP contribution in [0, 0.1) is 0 Å². The lowest BCUT2D eigenvalue weighted by Gasteiger charge is -2.27. The molecule has 12 heteroatoms. The second-order valence-corrected chi connectivity index (χ2v) is 9.66. The summed E-state index contributed by atoms with van der Waals surface area (Å²) in [5, 5.41) is 18.6. The maximum atomic E-state index is 12.4. The number of hydrogen-bond donors (Lipinski definition) is 3. The van der Waals surface area contributed by atoms with Crippen molar-refractivity contribution in [2.24, 2.45) is 0 Å². The Morgan fingerprint density at radius 1 is 1.00 bits per heavy atom. The van der Waals surface area contributed by atoms with Crippen molar-refractivity contribution < 1.29 is 37.8 Å². The molecular weight excluding hydrogens is 478 g/mol. The number of carboxylic acid groups (broad SMARTS) is 2. The van der Waals surface area contributed by atoms with Gasteiger partial charge >= 0.3 is 18.0 Å². The van der Waals surface area contributed by atoms with Gasteiger partial charge < -0.3 is 30.1 Å². The van der Waals surface area contributed by atoms with Gasteiger partial charge in [-0.05, 0) is 51.2 Å². The minimum absolute atomic E-state index is 0.0506. The standard InChI is InChI=1S/C19H33N3O4S.C4H4O4/c1-6-21(7-2)13-12-20-19(23)22(16(3)4)14-15-26-17-8-10-18(11-9-17)27(5,24)25;5-3(6)1-2-4(7)8/h8-11,16H,6-7,12-15H2,1-5H3,(H,20,23);1-2H,(H,5,6)(H,7,8)/b;2-1-. The van der Waals surface area contributed by atoms with E-state index in [0.717, 1.165) is 19.6 Å². The second-order valence-electron chi connectivity index (χ2n) is 7.65. The number of nitrogens with zero attached hydrogens (tertiary/aromatic N) is 2. The van der Waals surface area contributed by atoms with Crippen LogP contribution in [0.25, 0.3) is 0 Å². The Hall–Kier alpha value is -3.12. The van der Waals surface area contributed by atoms with Gasteiger partial charge in [0.1, 0.15) is 12.4 Å². The molecule has 0 fully saturated rings. The van der Waals surface area contributed by atoms with Crippen LogP contribution in [0.2, 0.25) is 0 Å². The van der Waals surface area contributed by atoms with Crippen LogP contribution in [-0.4, -0.2) is 98.0 Å². The predicted molar refractivity (Wildman–Crippen MR) is 132 cm³/mol. The lowest BCUT2D eigenvalue weighted by molar-refractivity contribution is -0.134. The van der Waals surface area contributed by atoms with Crippen molar-refractivity contribution in [1.82, 2.24) is 15.1 Å². The molecule has 0 heterocycles. The van der Waals surface area contributed by atoms with E-state index in [0.29, 0.717) is 37.6 Å². The molecule has 0 bridgehead atoms. The van der Waals surface area contributed by atoms with Crippen molar-refractivity contribution in [3.8, 4) is 5.75 Å². The third-order valence-corrected chi connectivity index (χ3v) is 5.83. The summed E-state index contributed by atoms with van der Waals surface area (Å²) >= 11 is 0. The molecule has 0 spiro atoms. The van der Waals surface area contributed by atoms with E-state index >= 15 is 0 Å². The fourth-order valence-corrected chi connectivity index (χ4v) is 3.37. The summed E-state index contributed by atoms with van der Waals surface area (Å²) < 4.78 is 28.6. The molecule has 1 aromatic carbocycles. The lowest BCUT2D eigenvalue weighted by Crippen LogP contribution is -2.47. The van der Waals surface area contributed by atoms with Gasteiger partial charge in [-0.25, -0.2) is 22.8 Å². The van der Waals surface area contributed by atoms with E-state index in [2.05, 4.69) is 24.1 Å². The number of hydrogen-bond acceptors (Lipinski definition) is 7. The van der Waals surface area contributed by atoms with Crippen LogP contribution in [0.1, 0.15) is 27.7 Å². The number of carbonyl (C=O) groups excluding carboxylic acids is 1. The molecule has 2 amide bonds. The van der Waals surface area contributed by atoms with Crippen molar-refractivity contribution in [1.29, 1.82) is 0 Å². The maximum Gasteiger partial charge on any atom is 0.328 e. The first-order chi connectivity index (χ1) is 16.3. The quantitative estimate of drug-likeness (QED) is 0.334. The zero-order valence-electron chi connectivity index (χ0n) is 20.9. The van der Waals surface area contributed by atoms with E-state index in [9.17, 15) is 22.8 Å². The summed E-state index contributed by atoms with van der Waals surface area (Å²) in [5.41, 5.74) is 0. The number of rotatable bonds is 13. The largest absolute Gasteiger partial charge is 0.492 e. The number of carbonyl (C=O) groups is 3. The van der Waals surface area contributed by atoms with E-state index in [-0.39, 0.29) is 17.0 Å². The second kappa shape index (κ2) is 16.5. The number of benzene rings is 1. The normalized spacial score (nSPS) is 11.2. The van der Waals surface area contributed by atoms with E-state index in [4.69, 9.17) is 14.9 Å². The van der Waals surface area contributed by atoms with E-state index in [1.165, 1.54) is 18.4 Å². The Kier molecular flexibility index (Phi) is 15.0. The first-order valence-electron chi connectivity index (χ1n) is 11.1. The molecule has 0 saturated carbocycles. The highest BCUT2D eigenvalue weighted by atomic mass is 32.2. The number of carboxylic acids is 2. The van der Waals surface area contributed by atoms with Gasteiger partial charge in [0.2, 0.25) is 0 Å². The molecule has 0 unspecified atom stereocenters. The summed E-state index contributed by atoms with van der Waals surface area (Å²) in [5.74, 6) is -1.94. The van der Waals surface area contributed by atoms with Crippen LogP contribution < -0.4 is 10.1 Å². The molecule has 0 atom stereocenters. The molecule has 11 nitrogen and oxygen atoms in total. The lowest BCUT2D eigenvalue weighted by atomic mass is 10.3. The van der Waals surface area contributed by atoms with Crippen molar-refractivity contribution in [3.63, 3.8) is 0 Å². The van der Waals surface area contributed by atoms with E-state index < -0.39 is 21.8 Å². The molecular formula is C23H37N3O8S. The summed E-state index contributed by atoms with van der Waals surface area (Å²) in [7, 11) is -3.22. The topological polar surface area (TPSA) is 154 Å². The molecule has 0 aliphatic rings. The van der Waals surface area contributed by atoms with Crippen molar-refractivity contribution in [2.75, 3.05) is 45.6 Å². The van der Waals surface area contributed by atoms with Crippen LogP contribution in [-0.2, 0) is 19.4 Å². The average Bonchev–Trinajstić information content (AvgIpc) is 2.78. The van der Waals surface area contributed by atoms with Crippen LogP contribution in [0.5, 0.6) is 5.75 Å². The summed E-state index contributed by atoms with van der Waals surface area (Å²) in [6.45, 7) is 12.3. The Bertz CT molecular complexity index is 911. The van der Waals surface area contributed by atoms with Crippen LogP contribution >= 0.6 is 0 Å². The smallest absolute Gasteiger partial charge is 0.328 e. The van der Waals surface area contributed by atoms with Gasteiger partial charge in [-0.1, -0.05) is 13.8 Å². The van der Waals surface area contributed by atoms with Crippen molar-refractivity contribution in [3.05, 3.63) is 36.4 Å². The number of nitrogens with one attached hydrogen (secondary N) is 1. The van der Waals surface area contributed by atoms with Crippen molar-refractivity contribution in [2.45, 2.75) is 38.6 Å². The SMILES string of the molecule is CCN(CC)CCNC(=O)N(CCOc1ccc(S(C)(=O)=O)cc1)C(C)C.O=C(O)/C=C\C(=O)O. The fraction of sp³-hybridized carbons (Fsp3) is 0.522. The Balaban J connectivity index is 0.00000124. The fourth-order valence-electron chi connectivity index (χ4n) is 2.74. The Labute approximate surface area is 207 Å². The first kappa shape index (κ1) is 31.9. The molecule has 0 radical (unpaired) electrons. The summed E-state index contributed by atoms with van der Waals surface area (Å²) in [6.07, 6.45) is 2.28. The minimum atomic E-state index is -3.22. The van der Waals surface area contributed by atoms with Crippen LogP contribution in [0.15, 0.2) is 41.3 Å². The number of sulfone groups is 1. The number of urea groups is 1. The highest BCUT2D eigenvalue weighted by Gasteiger charge is 2.16. The predicted octanol–water partition coefficient (Wildman–Crippen LogP) is 1.94. The Morgan fingerprint density at radius 3 is 1.91 bits per heavy atom. The highest BCUT2D eigenvalue weighted by molar-refractivity contribution is 7.90. The average molecular weight is 516 g/mol. The number of aliphatic carboxylic acids is 2. The highest BCUT2D eigenvalue weighted by Crippen LogP contribution is 2.15. The molecule has 1 aromatic rings.